The van der Waals surface area contributed by atoms with Gasteiger partial charge in [0, 0.05) is 10.6 Å². The number of hydrogen-bond acceptors (Lipinski definition) is 4. The Hall–Kier alpha value is -2.21. The fourth-order valence-electron chi connectivity index (χ4n) is 1.93. The number of nitrogens with zero attached hydrogens (tertiary/aromatic N) is 1. The van der Waals surface area contributed by atoms with E-state index in [1.165, 1.54) is 36.4 Å². The van der Waals surface area contributed by atoms with Gasteiger partial charge in [-0.1, -0.05) is 41.4 Å². The van der Waals surface area contributed by atoms with Gasteiger partial charge in [-0.2, -0.15) is 5.26 Å². The number of hydrogen-bond donors (Lipinski definition) is 0. The number of ether oxygens (including phenoxy) is 1. The first-order valence-electron chi connectivity index (χ1n) is 6.71. The van der Waals surface area contributed by atoms with E-state index >= 15 is 0 Å². The van der Waals surface area contributed by atoms with Gasteiger partial charge in [0.15, 0.2) is 0 Å². The number of rotatable bonds is 4. The van der Waals surface area contributed by atoms with Crippen molar-refractivity contribution in [3.8, 4) is 11.8 Å². The third kappa shape index (κ3) is 4.69. The van der Waals surface area contributed by atoms with Crippen molar-refractivity contribution < 1.29 is 26.3 Å². The second-order valence-electron chi connectivity index (χ2n) is 4.78. The van der Waals surface area contributed by atoms with Crippen LogP contribution >= 0.6 is 23.2 Å². The highest BCUT2D eigenvalue weighted by atomic mass is 35.5. The third-order valence-electron chi connectivity index (χ3n) is 3.01. The Labute approximate surface area is 156 Å². The topological polar surface area (TPSA) is 67.2 Å². The smallest absolute Gasteiger partial charge is 0.405 e. The lowest BCUT2D eigenvalue weighted by Crippen LogP contribution is -2.17. The maximum absolute atomic E-state index is 12.6. The molecule has 2 aromatic carbocycles. The molecule has 4 nitrogen and oxygen atoms in total. The lowest BCUT2D eigenvalue weighted by molar-refractivity contribution is -0.274. The summed E-state index contributed by atoms with van der Waals surface area (Å²) in [6.45, 7) is 0. The molecule has 0 aromatic heterocycles. The van der Waals surface area contributed by atoms with Crippen LogP contribution in [0.2, 0.25) is 10.0 Å². The Morgan fingerprint density at radius 1 is 1.15 bits per heavy atom. The predicted octanol–water partition coefficient (Wildman–Crippen LogP) is 5.23. The van der Waals surface area contributed by atoms with E-state index in [4.69, 9.17) is 23.2 Å². The molecule has 0 spiro atoms. The molecule has 2 rings (SSSR count). The molecule has 0 unspecified atom stereocenters. The standard InChI is InChI=1S/C16H8Cl2F3NO3S/c17-11-5-6-13(18)15(8-11)26(23,24)12(9-22)7-10-3-1-2-4-14(10)25-16(19,20)21/h1-8H/b12-7+. The average Bonchev–Trinajstić information content (AvgIpc) is 2.54. The number of alkyl halides is 3. The average molecular weight is 422 g/mol. The largest absolute Gasteiger partial charge is 0.573 e. The van der Waals surface area contributed by atoms with Gasteiger partial charge >= 0.3 is 6.36 Å². The molecule has 0 bridgehead atoms. The maximum Gasteiger partial charge on any atom is 0.573 e. The van der Waals surface area contributed by atoms with Crippen LogP contribution in [0, 0.1) is 11.3 Å². The molecule has 0 aliphatic carbocycles. The van der Waals surface area contributed by atoms with E-state index < -0.39 is 31.7 Å². The van der Waals surface area contributed by atoms with Gasteiger partial charge in [-0.15, -0.1) is 13.2 Å². The first-order valence-corrected chi connectivity index (χ1v) is 8.95. The van der Waals surface area contributed by atoms with Crippen LogP contribution in [0.25, 0.3) is 6.08 Å². The summed E-state index contributed by atoms with van der Waals surface area (Å²) in [6.07, 6.45) is -4.21. The third-order valence-corrected chi connectivity index (χ3v) is 5.40. The van der Waals surface area contributed by atoms with E-state index in [1.54, 1.807) is 0 Å². The zero-order valence-electron chi connectivity index (χ0n) is 12.6. The molecule has 0 atom stereocenters. The first-order chi connectivity index (χ1) is 12.0. The molecule has 0 aliphatic rings. The van der Waals surface area contributed by atoms with Crippen LogP contribution in [0.1, 0.15) is 5.56 Å². The molecule has 136 valence electrons. The van der Waals surface area contributed by atoms with Gasteiger partial charge in [0.2, 0.25) is 9.84 Å². The summed E-state index contributed by atoms with van der Waals surface area (Å²) in [5.74, 6) is -0.653. The van der Waals surface area contributed by atoms with E-state index in [0.29, 0.717) is 0 Å². The summed E-state index contributed by atoms with van der Waals surface area (Å²) < 4.78 is 66.6. The highest BCUT2D eigenvalue weighted by molar-refractivity contribution is 7.95. The van der Waals surface area contributed by atoms with Crippen LogP contribution in [-0.2, 0) is 9.84 Å². The Balaban J connectivity index is 2.59. The van der Waals surface area contributed by atoms with Crippen molar-refractivity contribution >= 4 is 39.1 Å². The fraction of sp³-hybridized carbons (Fsp3) is 0.0625. The molecule has 0 N–H and O–H groups in total. The minimum absolute atomic E-state index is 0.0612. The van der Waals surface area contributed by atoms with Crippen LogP contribution in [0.3, 0.4) is 0 Å². The monoisotopic (exact) mass is 421 g/mol. The van der Waals surface area contributed by atoms with E-state index in [9.17, 15) is 26.9 Å². The lowest BCUT2D eigenvalue weighted by atomic mass is 10.2. The van der Waals surface area contributed by atoms with Gasteiger partial charge in [0.25, 0.3) is 0 Å². The summed E-state index contributed by atoms with van der Waals surface area (Å²) in [4.78, 5) is -1.26. The van der Waals surface area contributed by atoms with Crippen molar-refractivity contribution in [2.45, 2.75) is 11.3 Å². The maximum atomic E-state index is 12.6. The molecule has 2 aromatic rings. The second-order valence-corrected chi connectivity index (χ2v) is 7.51. The van der Waals surface area contributed by atoms with Crippen molar-refractivity contribution in [3.05, 3.63) is 63.0 Å². The van der Waals surface area contributed by atoms with Gasteiger partial charge in [0.1, 0.15) is 16.7 Å². The van der Waals surface area contributed by atoms with Gasteiger partial charge in [-0.05, 0) is 30.3 Å². The predicted molar refractivity (Wildman–Crippen MR) is 90.4 cm³/mol. The number of allylic oxidation sites excluding steroid dienone is 1. The molecule has 0 fully saturated rings. The zero-order chi connectivity index (χ0) is 19.5. The van der Waals surface area contributed by atoms with Crippen LogP contribution in [0.15, 0.2) is 52.3 Å². The van der Waals surface area contributed by atoms with Crippen molar-refractivity contribution in [1.82, 2.24) is 0 Å². The zero-order valence-corrected chi connectivity index (χ0v) is 14.9. The number of benzene rings is 2. The SMILES string of the molecule is N#C/C(=C\c1ccccc1OC(F)(F)F)S(=O)(=O)c1cc(Cl)ccc1Cl. The fourth-order valence-corrected chi connectivity index (χ4v) is 3.84. The van der Waals surface area contributed by atoms with Crippen LogP contribution in [0.4, 0.5) is 13.2 Å². The molecule has 0 heterocycles. The first kappa shape index (κ1) is 20.1. The Morgan fingerprint density at radius 2 is 1.81 bits per heavy atom. The molecule has 0 aliphatic heterocycles. The molecule has 0 saturated carbocycles. The van der Waals surface area contributed by atoms with E-state index in [0.717, 1.165) is 18.2 Å². The molecule has 0 saturated heterocycles. The van der Waals surface area contributed by atoms with Crippen LogP contribution in [-0.4, -0.2) is 14.8 Å². The lowest BCUT2D eigenvalue weighted by Gasteiger charge is -2.11. The molecule has 0 radical (unpaired) electrons. The second kappa shape index (κ2) is 7.58. The Bertz CT molecular complexity index is 1010. The summed E-state index contributed by atoms with van der Waals surface area (Å²) in [5, 5.41) is 9.11. The van der Waals surface area contributed by atoms with Crippen molar-refractivity contribution in [2.24, 2.45) is 0 Å². The van der Waals surface area contributed by atoms with Crippen molar-refractivity contribution in [3.63, 3.8) is 0 Å². The van der Waals surface area contributed by atoms with Gasteiger partial charge < -0.3 is 4.74 Å². The van der Waals surface area contributed by atoms with Crippen LogP contribution < -0.4 is 4.74 Å². The molecular formula is C16H8Cl2F3NO3S. The Morgan fingerprint density at radius 3 is 2.42 bits per heavy atom. The van der Waals surface area contributed by atoms with E-state index in [-0.39, 0.29) is 15.6 Å². The van der Waals surface area contributed by atoms with Gasteiger partial charge in [-0.25, -0.2) is 8.42 Å². The molecule has 26 heavy (non-hydrogen) atoms. The molecule has 0 amide bonds. The Kier molecular flexibility index (Phi) is 5.86. The highest BCUT2D eigenvalue weighted by Gasteiger charge is 2.32. The molecular weight excluding hydrogens is 414 g/mol. The minimum Gasteiger partial charge on any atom is -0.405 e. The number of sulfone groups is 1. The van der Waals surface area contributed by atoms with Gasteiger partial charge in [0.05, 0.1) is 9.92 Å². The molecule has 10 heteroatoms. The van der Waals surface area contributed by atoms with E-state index in [1.807, 2.05) is 0 Å². The highest BCUT2D eigenvalue weighted by Crippen LogP contribution is 2.32. The number of halogens is 5. The summed E-state index contributed by atoms with van der Waals surface area (Å²) in [6, 6.07) is 9.89. The number of para-hydroxylation sites is 1. The van der Waals surface area contributed by atoms with Crippen LogP contribution in [0.5, 0.6) is 5.75 Å². The summed E-state index contributed by atoms with van der Waals surface area (Å²) in [7, 11) is -4.42. The normalized spacial score (nSPS) is 12.5. The van der Waals surface area contributed by atoms with E-state index in [2.05, 4.69) is 4.74 Å². The van der Waals surface area contributed by atoms with Gasteiger partial charge in [-0.3, -0.25) is 0 Å². The van der Waals surface area contributed by atoms with Crippen molar-refractivity contribution in [1.29, 1.82) is 5.26 Å². The van der Waals surface area contributed by atoms with Crippen molar-refractivity contribution in [2.75, 3.05) is 0 Å². The summed E-state index contributed by atoms with van der Waals surface area (Å²) >= 11 is 11.6. The number of nitriles is 1. The summed E-state index contributed by atoms with van der Waals surface area (Å²) in [5.41, 5.74) is -0.247. The quantitative estimate of drug-likeness (QED) is 0.633. The minimum atomic E-state index is -4.98.